The Bertz CT molecular complexity index is 1440. The van der Waals surface area contributed by atoms with Crippen molar-refractivity contribution in [3.63, 3.8) is 0 Å². The summed E-state index contributed by atoms with van der Waals surface area (Å²) >= 11 is 5.69. The molecule has 2 amide bonds. The van der Waals surface area contributed by atoms with Crippen LogP contribution in [0.15, 0.2) is 60.7 Å². The first-order valence-electron chi connectivity index (χ1n) is 11.5. The summed E-state index contributed by atoms with van der Waals surface area (Å²) in [5.41, 5.74) is -9.91. The summed E-state index contributed by atoms with van der Waals surface area (Å²) in [6.07, 6.45) is -25.6. The molecule has 8 nitrogen and oxygen atoms in total. The largest absolute Gasteiger partial charge is 0.724 e. The molecule has 250 valence electrons. The number of hydrogen-bond acceptors (Lipinski definition) is 6. The standard InChI is InChI=1S/C24H12ClF12N2O6P/c25-15-1-3-18(4-2-15)43-46(42,44-19(40)38-16-7-11(21(26,27)28)5-12(8-16)22(29,30)31)45-20(41)39-17-9-13(23(32,33)34)6-14(10-17)24(35,36)37/h1-10,42H,(H-,38,39,40,41)/p+1. The molecule has 0 fully saturated rings. The number of carbonyl (C=O) groups is 2. The molecule has 3 rings (SSSR count). The monoisotopic (exact) mass is 719 g/mol. The van der Waals surface area contributed by atoms with E-state index in [0.29, 0.717) is 0 Å². The van der Waals surface area contributed by atoms with Crippen molar-refractivity contribution in [1.29, 1.82) is 0 Å². The van der Waals surface area contributed by atoms with E-state index >= 15 is 0 Å². The highest BCUT2D eigenvalue weighted by Crippen LogP contribution is 2.58. The van der Waals surface area contributed by atoms with E-state index < -0.39 is 84.4 Å². The highest BCUT2D eigenvalue weighted by molar-refractivity contribution is 7.57. The maximum Gasteiger partial charge on any atom is 0.724 e. The molecule has 0 aliphatic heterocycles. The topological polar surface area (TPSA) is 106 Å². The Kier molecular flexibility index (Phi) is 10.2. The van der Waals surface area contributed by atoms with Crippen LogP contribution >= 0.6 is 19.8 Å². The molecule has 0 saturated carbocycles. The molecule has 0 aliphatic carbocycles. The van der Waals surface area contributed by atoms with E-state index in [4.69, 9.17) is 16.1 Å². The Labute approximate surface area is 253 Å². The third-order valence-electron chi connectivity index (χ3n) is 5.10. The van der Waals surface area contributed by atoms with Crippen LogP contribution in [-0.4, -0.2) is 17.1 Å². The van der Waals surface area contributed by atoms with Gasteiger partial charge in [0.25, 0.3) is 0 Å². The number of nitrogens with one attached hydrogen (secondary N) is 2. The van der Waals surface area contributed by atoms with Crippen molar-refractivity contribution < 1.29 is 80.7 Å². The Morgan fingerprint density at radius 2 is 0.891 bits per heavy atom. The number of halogens is 13. The van der Waals surface area contributed by atoms with Crippen molar-refractivity contribution in [3.8, 4) is 5.75 Å². The lowest BCUT2D eigenvalue weighted by atomic mass is 10.1. The van der Waals surface area contributed by atoms with Gasteiger partial charge in [0, 0.05) is 16.4 Å². The number of anilines is 2. The minimum atomic E-state index is -5.53. The van der Waals surface area contributed by atoms with Gasteiger partial charge >= 0.3 is 45.1 Å². The van der Waals surface area contributed by atoms with Gasteiger partial charge in [-0.05, 0) is 60.7 Å². The minimum absolute atomic E-state index is 0.0352. The Balaban J connectivity index is 1.93. The zero-order valence-corrected chi connectivity index (χ0v) is 23.3. The van der Waals surface area contributed by atoms with Crippen molar-refractivity contribution in [2.24, 2.45) is 0 Å². The number of hydrogen-bond donors (Lipinski definition) is 3. The van der Waals surface area contributed by atoms with Crippen molar-refractivity contribution in [2.75, 3.05) is 10.6 Å². The first-order valence-corrected chi connectivity index (χ1v) is 13.4. The highest BCUT2D eigenvalue weighted by atomic mass is 35.5. The highest BCUT2D eigenvalue weighted by Gasteiger charge is 2.55. The van der Waals surface area contributed by atoms with Gasteiger partial charge in [0.2, 0.25) is 0 Å². The van der Waals surface area contributed by atoms with Crippen molar-refractivity contribution >= 4 is 43.3 Å². The lowest BCUT2D eigenvalue weighted by Crippen LogP contribution is -2.23. The molecule has 0 bridgehead atoms. The molecule has 3 N–H and O–H groups in total. The fourth-order valence-corrected chi connectivity index (χ4v) is 4.37. The van der Waals surface area contributed by atoms with Crippen LogP contribution in [0, 0.1) is 0 Å². The fraction of sp³-hybridized carbons (Fsp3) is 0.167. The Hall–Kier alpha value is -4.16. The van der Waals surface area contributed by atoms with E-state index in [0.717, 1.165) is 24.3 Å². The molecule has 0 aliphatic rings. The van der Waals surface area contributed by atoms with Crippen LogP contribution in [0.25, 0.3) is 0 Å². The number of rotatable bonds is 6. The second kappa shape index (κ2) is 12.9. The molecule has 0 spiro atoms. The van der Waals surface area contributed by atoms with Crippen molar-refractivity contribution in [1.82, 2.24) is 0 Å². The van der Waals surface area contributed by atoms with Gasteiger partial charge in [-0.25, -0.2) is 14.1 Å². The van der Waals surface area contributed by atoms with Crippen molar-refractivity contribution in [2.45, 2.75) is 24.7 Å². The van der Waals surface area contributed by atoms with Gasteiger partial charge in [0.15, 0.2) is 5.75 Å². The van der Waals surface area contributed by atoms with Crippen LogP contribution in [0.3, 0.4) is 0 Å². The molecule has 3 aromatic rings. The Morgan fingerprint density at radius 3 is 1.17 bits per heavy atom. The van der Waals surface area contributed by atoms with E-state index in [1.165, 1.54) is 10.6 Å². The molecule has 0 heterocycles. The number of alkyl halides is 12. The Morgan fingerprint density at radius 1 is 0.587 bits per heavy atom. The van der Waals surface area contributed by atoms with Crippen LogP contribution in [0.2, 0.25) is 5.02 Å². The number of carbonyl (C=O) groups excluding carboxylic acids is 2. The van der Waals surface area contributed by atoms with Gasteiger partial charge in [-0.1, -0.05) is 11.6 Å². The summed E-state index contributed by atoms with van der Waals surface area (Å²) < 4.78 is 172. The summed E-state index contributed by atoms with van der Waals surface area (Å²) in [5, 5.41) is 2.92. The van der Waals surface area contributed by atoms with Crippen LogP contribution in [0.4, 0.5) is 73.6 Å². The second-order valence-electron chi connectivity index (χ2n) is 8.61. The van der Waals surface area contributed by atoms with Gasteiger partial charge in [-0.2, -0.15) is 61.7 Å². The third-order valence-corrected chi connectivity index (χ3v) is 6.59. The maximum atomic E-state index is 13.2. The van der Waals surface area contributed by atoms with Crippen LogP contribution in [0.1, 0.15) is 22.3 Å². The molecular formula is C24H13ClF12N2O6P+. The van der Waals surface area contributed by atoms with Gasteiger partial charge in [0.05, 0.1) is 22.3 Å². The lowest BCUT2D eigenvalue weighted by molar-refractivity contribution is -0.144. The molecule has 0 saturated heterocycles. The first-order chi connectivity index (χ1) is 20.8. The molecule has 0 atom stereocenters. The number of benzene rings is 3. The van der Waals surface area contributed by atoms with Gasteiger partial charge in [0.1, 0.15) is 0 Å². The average Bonchev–Trinajstić information content (AvgIpc) is 2.87. The molecule has 22 heteroatoms. The smallest absolute Gasteiger partial charge is 0.288 e. The normalized spacial score (nSPS) is 12.7. The van der Waals surface area contributed by atoms with E-state index in [-0.39, 0.29) is 41.4 Å². The predicted octanol–water partition coefficient (Wildman–Crippen LogP) is 9.96. The average molecular weight is 720 g/mol. The summed E-state index contributed by atoms with van der Waals surface area (Å²) in [4.78, 5) is 35.6. The summed E-state index contributed by atoms with van der Waals surface area (Å²) in [6, 6.07) is 3.70. The SMILES string of the molecule is O=C(Nc1cc(C(F)(F)F)cc(C(F)(F)F)c1)O[P+](O)(OC(=O)Nc1cc(C(F)(F)F)cc(C(F)(F)F)c1)Oc1ccc(Cl)cc1. The van der Waals surface area contributed by atoms with Gasteiger partial charge < -0.3 is 0 Å². The van der Waals surface area contributed by atoms with Crippen LogP contribution in [0.5, 0.6) is 5.75 Å². The number of amides is 2. The van der Waals surface area contributed by atoms with Crippen LogP contribution in [-0.2, 0) is 33.8 Å². The molecule has 0 unspecified atom stereocenters. The zero-order chi connectivity index (χ0) is 34.9. The van der Waals surface area contributed by atoms with E-state index in [1.807, 2.05) is 0 Å². The summed E-state index contributed by atoms with van der Waals surface area (Å²) in [5.74, 6) is -0.516. The quantitative estimate of drug-likeness (QED) is 0.173. The van der Waals surface area contributed by atoms with E-state index in [2.05, 4.69) is 9.05 Å². The maximum absolute atomic E-state index is 13.2. The third kappa shape index (κ3) is 10.2. The van der Waals surface area contributed by atoms with Crippen LogP contribution < -0.4 is 15.2 Å². The van der Waals surface area contributed by atoms with E-state index in [1.54, 1.807) is 0 Å². The molecule has 46 heavy (non-hydrogen) atoms. The molecule has 3 aromatic carbocycles. The molecule has 0 aromatic heterocycles. The van der Waals surface area contributed by atoms with Crippen molar-refractivity contribution in [3.05, 3.63) is 87.9 Å². The lowest BCUT2D eigenvalue weighted by Gasteiger charge is -2.17. The summed E-state index contributed by atoms with van der Waals surface area (Å²) in [7, 11) is -5.53. The minimum Gasteiger partial charge on any atom is -0.288 e. The summed E-state index contributed by atoms with van der Waals surface area (Å²) in [6.45, 7) is 0. The first kappa shape index (κ1) is 36.3. The van der Waals surface area contributed by atoms with Gasteiger partial charge in [-0.3, -0.25) is 10.6 Å². The zero-order valence-electron chi connectivity index (χ0n) is 21.6. The molecule has 0 radical (unpaired) electrons. The molecular weight excluding hydrogens is 707 g/mol. The fourth-order valence-electron chi connectivity index (χ4n) is 3.23. The second-order valence-corrected chi connectivity index (χ2v) is 10.5. The van der Waals surface area contributed by atoms with Gasteiger partial charge in [-0.15, -0.1) is 4.89 Å². The predicted molar refractivity (Wildman–Crippen MR) is 134 cm³/mol. The van der Waals surface area contributed by atoms with E-state index in [9.17, 15) is 67.2 Å².